The van der Waals surface area contributed by atoms with Crippen LogP contribution in [0.5, 0.6) is 0 Å². The summed E-state index contributed by atoms with van der Waals surface area (Å²) >= 11 is 0. The lowest BCUT2D eigenvalue weighted by atomic mass is 10.0. The third-order valence-electron chi connectivity index (χ3n) is 4.15. The van der Waals surface area contributed by atoms with Crippen molar-refractivity contribution in [1.82, 2.24) is 9.21 Å². The molecule has 0 saturated carbocycles. The quantitative estimate of drug-likeness (QED) is 0.817. The Balaban J connectivity index is 1.89. The molecule has 0 aliphatic carbocycles. The van der Waals surface area contributed by atoms with E-state index in [4.69, 9.17) is 5.73 Å². The van der Waals surface area contributed by atoms with Gasteiger partial charge < -0.3 is 5.73 Å². The van der Waals surface area contributed by atoms with Crippen LogP contribution in [0.2, 0.25) is 0 Å². The van der Waals surface area contributed by atoms with Crippen LogP contribution >= 0.6 is 0 Å². The Morgan fingerprint density at radius 2 is 1.79 bits per heavy atom. The lowest BCUT2D eigenvalue weighted by Crippen LogP contribution is -2.46. The summed E-state index contributed by atoms with van der Waals surface area (Å²) in [6, 6.07) is 0.730. The van der Waals surface area contributed by atoms with E-state index in [2.05, 4.69) is 4.90 Å². The summed E-state index contributed by atoms with van der Waals surface area (Å²) in [5.41, 5.74) is 5.91. The lowest BCUT2D eigenvalue weighted by Gasteiger charge is -2.34. The van der Waals surface area contributed by atoms with E-state index in [0.29, 0.717) is 25.2 Å². The van der Waals surface area contributed by atoms with Gasteiger partial charge in [0.25, 0.3) is 0 Å². The van der Waals surface area contributed by atoms with E-state index in [1.165, 1.54) is 0 Å². The number of likely N-dealkylation sites (tertiary alicyclic amines) is 1. The summed E-state index contributed by atoms with van der Waals surface area (Å²) in [6.07, 6.45) is 3.04. The van der Waals surface area contributed by atoms with E-state index in [9.17, 15) is 8.42 Å². The van der Waals surface area contributed by atoms with Crippen molar-refractivity contribution in [2.75, 3.05) is 31.9 Å². The van der Waals surface area contributed by atoms with Gasteiger partial charge in [0.15, 0.2) is 0 Å². The fraction of sp³-hybridized carbons (Fsp3) is 1.00. The molecule has 0 amide bonds. The molecule has 112 valence electrons. The largest absolute Gasteiger partial charge is 0.328 e. The predicted octanol–water partition coefficient (Wildman–Crippen LogP) is 0.470. The number of nitrogens with zero attached hydrogens (tertiary/aromatic N) is 2. The van der Waals surface area contributed by atoms with Crippen LogP contribution in [0, 0.1) is 5.92 Å². The minimum atomic E-state index is -3.06. The van der Waals surface area contributed by atoms with Gasteiger partial charge in [0.2, 0.25) is 10.0 Å². The highest BCUT2D eigenvalue weighted by atomic mass is 32.2. The van der Waals surface area contributed by atoms with Crippen molar-refractivity contribution in [3.63, 3.8) is 0 Å². The van der Waals surface area contributed by atoms with Crippen LogP contribution in [0.4, 0.5) is 0 Å². The van der Waals surface area contributed by atoms with Crippen molar-refractivity contribution in [3.8, 4) is 0 Å². The maximum Gasteiger partial charge on any atom is 0.214 e. The molecule has 0 aromatic carbocycles. The Hall–Kier alpha value is -0.170. The highest BCUT2D eigenvalue weighted by Gasteiger charge is 2.35. The maximum absolute atomic E-state index is 12.2. The lowest BCUT2D eigenvalue weighted by molar-refractivity contribution is 0.159. The Morgan fingerprint density at radius 3 is 2.37 bits per heavy atom. The van der Waals surface area contributed by atoms with Gasteiger partial charge >= 0.3 is 0 Å². The number of sulfonamides is 1. The first-order chi connectivity index (χ1) is 8.88. The van der Waals surface area contributed by atoms with Crippen molar-refractivity contribution in [3.05, 3.63) is 0 Å². The molecule has 2 heterocycles. The molecule has 0 aromatic rings. The summed E-state index contributed by atoms with van der Waals surface area (Å²) in [6.45, 7) is 7.30. The van der Waals surface area contributed by atoms with Crippen molar-refractivity contribution in [1.29, 1.82) is 0 Å². The topological polar surface area (TPSA) is 66.6 Å². The Kier molecular flexibility index (Phi) is 4.87. The van der Waals surface area contributed by atoms with E-state index in [1.54, 1.807) is 4.31 Å². The van der Waals surface area contributed by atoms with Crippen LogP contribution in [-0.4, -0.2) is 61.6 Å². The van der Waals surface area contributed by atoms with Crippen LogP contribution in [0.3, 0.4) is 0 Å². The fourth-order valence-corrected chi connectivity index (χ4v) is 4.91. The second-order valence-electron chi connectivity index (χ2n) is 6.35. The van der Waals surface area contributed by atoms with E-state index in [-0.39, 0.29) is 11.7 Å². The number of hydrogen-bond donors (Lipinski definition) is 1. The molecule has 2 saturated heterocycles. The Morgan fingerprint density at radius 1 is 1.16 bits per heavy atom. The van der Waals surface area contributed by atoms with Crippen molar-refractivity contribution < 1.29 is 8.42 Å². The normalized spacial score (nSPS) is 28.3. The monoisotopic (exact) mass is 289 g/mol. The highest BCUT2D eigenvalue weighted by Crippen LogP contribution is 2.22. The second kappa shape index (κ2) is 6.08. The summed E-state index contributed by atoms with van der Waals surface area (Å²) in [5.74, 6) is 0.460. The summed E-state index contributed by atoms with van der Waals surface area (Å²) in [4.78, 5) is 2.42. The SMILES string of the molecule is CC(C)CS(=O)(=O)N1CCC(N2CCC(N)CC2)C1. The summed E-state index contributed by atoms with van der Waals surface area (Å²) in [7, 11) is -3.06. The molecular formula is C13H27N3O2S. The first kappa shape index (κ1) is 15.2. The standard InChI is InChI=1S/C13H27N3O2S/c1-11(2)10-19(17,18)16-8-5-13(9-16)15-6-3-12(14)4-7-15/h11-13H,3-10,14H2,1-2H3. The number of hydrogen-bond acceptors (Lipinski definition) is 4. The van der Waals surface area contributed by atoms with Gasteiger partial charge in [-0.05, 0) is 38.3 Å². The van der Waals surface area contributed by atoms with Crippen molar-refractivity contribution in [2.24, 2.45) is 11.7 Å². The molecule has 19 heavy (non-hydrogen) atoms. The average molecular weight is 289 g/mol. The zero-order valence-corrected chi connectivity index (χ0v) is 12.9. The van der Waals surface area contributed by atoms with Crippen molar-refractivity contribution in [2.45, 2.75) is 45.2 Å². The predicted molar refractivity (Wildman–Crippen MR) is 77.4 cm³/mol. The molecule has 1 atom stereocenters. The Labute approximate surface area is 117 Å². The molecule has 0 aromatic heterocycles. The Bertz CT molecular complexity index is 389. The third kappa shape index (κ3) is 3.90. The minimum absolute atomic E-state index is 0.192. The molecule has 0 radical (unpaired) electrons. The zero-order chi connectivity index (χ0) is 14.0. The minimum Gasteiger partial charge on any atom is -0.328 e. The van der Waals surface area contributed by atoms with Crippen LogP contribution in [0.1, 0.15) is 33.1 Å². The van der Waals surface area contributed by atoms with Gasteiger partial charge in [0.1, 0.15) is 0 Å². The van der Waals surface area contributed by atoms with Crippen LogP contribution in [0.25, 0.3) is 0 Å². The molecule has 1 unspecified atom stereocenters. The molecule has 2 N–H and O–H groups in total. The van der Waals surface area contributed by atoms with Crippen LogP contribution < -0.4 is 5.73 Å². The first-order valence-electron chi connectivity index (χ1n) is 7.36. The van der Waals surface area contributed by atoms with Gasteiger partial charge in [-0.15, -0.1) is 0 Å². The van der Waals surface area contributed by atoms with Crippen LogP contribution in [0.15, 0.2) is 0 Å². The van der Waals surface area contributed by atoms with E-state index >= 15 is 0 Å². The van der Waals surface area contributed by atoms with E-state index in [1.807, 2.05) is 13.8 Å². The van der Waals surface area contributed by atoms with Gasteiger partial charge in [-0.1, -0.05) is 13.8 Å². The number of nitrogens with two attached hydrogens (primary N) is 1. The molecule has 2 rings (SSSR count). The third-order valence-corrected chi connectivity index (χ3v) is 6.36. The molecule has 6 heteroatoms. The molecule has 5 nitrogen and oxygen atoms in total. The van der Waals surface area contributed by atoms with Gasteiger partial charge in [-0.2, -0.15) is 0 Å². The van der Waals surface area contributed by atoms with Gasteiger partial charge in [-0.3, -0.25) is 4.90 Å². The molecule has 0 spiro atoms. The highest BCUT2D eigenvalue weighted by molar-refractivity contribution is 7.89. The second-order valence-corrected chi connectivity index (χ2v) is 8.36. The zero-order valence-electron chi connectivity index (χ0n) is 12.1. The molecule has 2 aliphatic rings. The summed E-state index contributed by atoms with van der Waals surface area (Å²) in [5, 5.41) is 0. The number of piperidine rings is 1. The number of rotatable bonds is 4. The molecule has 2 fully saturated rings. The van der Waals surface area contributed by atoms with Gasteiger partial charge in [0, 0.05) is 25.2 Å². The molecule has 0 bridgehead atoms. The van der Waals surface area contributed by atoms with E-state index < -0.39 is 10.0 Å². The van der Waals surface area contributed by atoms with Crippen molar-refractivity contribution >= 4 is 10.0 Å². The molecular weight excluding hydrogens is 262 g/mol. The maximum atomic E-state index is 12.2. The molecule has 2 aliphatic heterocycles. The summed E-state index contributed by atoms with van der Waals surface area (Å²) < 4.78 is 26.1. The van der Waals surface area contributed by atoms with Crippen LogP contribution in [-0.2, 0) is 10.0 Å². The van der Waals surface area contributed by atoms with E-state index in [0.717, 1.165) is 32.4 Å². The van der Waals surface area contributed by atoms with Gasteiger partial charge in [0.05, 0.1) is 5.75 Å². The average Bonchev–Trinajstić information content (AvgIpc) is 2.78. The fourth-order valence-electron chi connectivity index (χ4n) is 3.07. The smallest absolute Gasteiger partial charge is 0.214 e. The van der Waals surface area contributed by atoms with Gasteiger partial charge in [-0.25, -0.2) is 12.7 Å². The first-order valence-corrected chi connectivity index (χ1v) is 8.97.